The molecule has 0 aromatic heterocycles. The lowest BCUT2D eigenvalue weighted by Crippen LogP contribution is -2.17. The average Bonchev–Trinajstić information content (AvgIpc) is 2.91. The fourth-order valence-electron chi connectivity index (χ4n) is 1.17. The highest BCUT2D eigenvalue weighted by atomic mass is 32.2. The Labute approximate surface area is 82.6 Å². The molecule has 0 spiro atoms. The molecule has 1 saturated carbocycles. The van der Waals surface area contributed by atoms with Gasteiger partial charge < -0.3 is 5.11 Å². The summed E-state index contributed by atoms with van der Waals surface area (Å²) in [5.41, 5.74) is 0.249. The Balaban J connectivity index is 2.22. The molecule has 2 rings (SSSR count). The first-order chi connectivity index (χ1) is 6.59. The van der Waals surface area contributed by atoms with Crippen LogP contribution in [0.25, 0.3) is 0 Å². The van der Waals surface area contributed by atoms with Gasteiger partial charge in [-0.3, -0.25) is 4.72 Å². The van der Waals surface area contributed by atoms with E-state index in [1.54, 1.807) is 12.1 Å². The van der Waals surface area contributed by atoms with E-state index in [1.165, 1.54) is 12.1 Å². The van der Waals surface area contributed by atoms with Gasteiger partial charge in [-0.25, -0.2) is 8.42 Å². The smallest absolute Gasteiger partial charge is 0.235 e. The summed E-state index contributed by atoms with van der Waals surface area (Å²) in [4.78, 5) is 0. The Hall–Kier alpha value is -1.23. The van der Waals surface area contributed by atoms with Crippen molar-refractivity contribution in [2.75, 3.05) is 4.72 Å². The average molecular weight is 213 g/mol. The van der Waals surface area contributed by atoms with Crippen molar-refractivity contribution in [2.24, 2.45) is 0 Å². The van der Waals surface area contributed by atoms with Crippen LogP contribution in [0.5, 0.6) is 5.75 Å². The first kappa shape index (κ1) is 9.33. The van der Waals surface area contributed by atoms with Crippen LogP contribution in [0.3, 0.4) is 0 Å². The zero-order valence-electron chi connectivity index (χ0n) is 7.47. The first-order valence-electron chi connectivity index (χ1n) is 4.39. The standard InChI is InChI=1S/C9H11NO3S/c11-9-4-2-1-3-8(9)10-14(12,13)7-5-6-7/h1-4,7,10-11H,5-6H2. The molecular weight excluding hydrogens is 202 g/mol. The summed E-state index contributed by atoms with van der Waals surface area (Å²) in [7, 11) is -3.27. The van der Waals surface area contributed by atoms with Gasteiger partial charge in [-0.15, -0.1) is 0 Å². The lowest BCUT2D eigenvalue weighted by Gasteiger charge is -2.07. The molecule has 14 heavy (non-hydrogen) atoms. The van der Waals surface area contributed by atoms with Crippen LogP contribution in [0.15, 0.2) is 24.3 Å². The van der Waals surface area contributed by atoms with E-state index in [4.69, 9.17) is 0 Å². The monoisotopic (exact) mass is 213 g/mol. The van der Waals surface area contributed by atoms with E-state index in [2.05, 4.69) is 4.72 Å². The molecule has 1 aromatic rings. The number of rotatable bonds is 3. The molecule has 1 aromatic carbocycles. The number of phenolic OH excluding ortho intramolecular Hbond substituents is 1. The van der Waals surface area contributed by atoms with Gasteiger partial charge in [-0.2, -0.15) is 0 Å². The molecule has 0 saturated heterocycles. The minimum absolute atomic E-state index is 0.0447. The zero-order chi connectivity index (χ0) is 10.2. The van der Waals surface area contributed by atoms with E-state index in [-0.39, 0.29) is 16.7 Å². The van der Waals surface area contributed by atoms with Gasteiger partial charge in [0.1, 0.15) is 5.75 Å². The zero-order valence-corrected chi connectivity index (χ0v) is 8.29. The van der Waals surface area contributed by atoms with Crippen molar-refractivity contribution in [2.45, 2.75) is 18.1 Å². The quantitative estimate of drug-likeness (QED) is 0.744. The minimum Gasteiger partial charge on any atom is -0.506 e. The van der Waals surface area contributed by atoms with Gasteiger partial charge in [0.2, 0.25) is 10.0 Å². The Morgan fingerprint density at radius 1 is 1.29 bits per heavy atom. The topological polar surface area (TPSA) is 66.4 Å². The van der Waals surface area contributed by atoms with Gasteiger partial charge in [0, 0.05) is 0 Å². The van der Waals surface area contributed by atoms with E-state index in [0.29, 0.717) is 12.8 Å². The summed E-state index contributed by atoms with van der Waals surface area (Å²) < 4.78 is 25.4. The molecule has 0 amide bonds. The van der Waals surface area contributed by atoms with Crippen molar-refractivity contribution >= 4 is 15.7 Å². The Bertz CT molecular complexity index is 437. The van der Waals surface area contributed by atoms with Crippen molar-refractivity contribution < 1.29 is 13.5 Å². The number of anilines is 1. The fourth-order valence-corrected chi connectivity index (χ4v) is 2.58. The molecule has 1 aliphatic rings. The van der Waals surface area contributed by atoms with E-state index < -0.39 is 10.0 Å². The first-order valence-corrected chi connectivity index (χ1v) is 5.94. The van der Waals surface area contributed by atoms with E-state index in [9.17, 15) is 13.5 Å². The molecule has 0 bridgehead atoms. The molecule has 5 heteroatoms. The van der Waals surface area contributed by atoms with E-state index in [0.717, 1.165) is 0 Å². The van der Waals surface area contributed by atoms with E-state index in [1.807, 2.05) is 0 Å². The van der Waals surface area contributed by atoms with Crippen LogP contribution in [0.4, 0.5) is 5.69 Å². The predicted octanol–water partition coefficient (Wildman–Crippen LogP) is 1.30. The van der Waals surface area contributed by atoms with Crippen LogP contribution in [0, 0.1) is 0 Å². The third-order valence-electron chi connectivity index (χ3n) is 2.12. The highest BCUT2D eigenvalue weighted by Crippen LogP contribution is 2.31. The summed E-state index contributed by atoms with van der Waals surface area (Å²) in [5, 5.41) is 9.07. The van der Waals surface area contributed by atoms with Gasteiger partial charge in [0.05, 0.1) is 10.9 Å². The summed E-state index contributed by atoms with van der Waals surface area (Å²) in [6.45, 7) is 0. The molecule has 4 nitrogen and oxygen atoms in total. The van der Waals surface area contributed by atoms with Crippen LogP contribution < -0.4 is 4.72 Å². The molecule has 0 heterocycles. The van der Waals surface area contributed by atoms with Gasteiger partial charge in [0.25, 0.3) is 0 Å². The van der Waals surface area contributed by atoms with Gasteiger partial charge in [-0.1, -0.05) is 12.1 Å². The molecule has 0 aliphatic heterocycles. The van der Waals surface area contributed by atoms with Crippen molar-refractivity contribution in [1.82, 2.24) is 0 Å². The Morgan fingerprint density at radius 3 is 2.50 bits per heavy atom. The molecule has 1 aliphatic carbocycles. The summed E-state index contributed by atoms with van der Waals surface area (Å²) in [6, 6.07) is 6.30. The second-order valence-electron chi connectivity index (χ2n) is 3.36. The normalized spacial score (nSPS) is 16.6. The molecule has 0 radical (unpaired) electrons. The van der Waals surface area contributed by atoms with Crippen molar-refractivity contribution in [1.29, 1.82) is 0 Å². The van der Waals surface area contributed by atoms with Crippen LogP contribution in [0.1, 0.15) is 12.8 Å². The Kier molecular flexibility index (Phi) is 2.11. The summed E-state index contributed by atoms with van der Waals surface area (Å²) >= 11 is 0. The van der Waals surface area contributed by atoms with Crippen LogP contribution in [0.2, 0.25) is 0 Å². The number of hydrogen-bond acceptors (Lipinski definition) is 3. The van der Waals surface area contributed by atoms with Gasteiger partial charge in [-0.05, 0) is 25.0 Å². The van der Waals surface area contributed by atoms with Gasteiger partial charge >= 0.3 is 0 Å². The van der Waals surface area contributed by atoms with E-state index >= 15 is 0 Å². The number of sulfonamides is 1. The second kappa shape index (κ2) is 3.16. The lowest BCUT2D eigenvalue weighted by molar-refractivity contribution is 0.477. The highest BCUT2D eigenvalue weighted by molar-refractivity contribution is 7.93. The largest absolute Gasteiger partial charge is 0.506 e. The lowest BCUT2D eigenvalue weighted by atomic mass is 10.3. The number of hydrogen-bond donors (Lipinski definition) is 2. The number of phenols is 1. The maximum absolute atomic E-state index is 11.5. The highest BCUT2D eigenvalue weighted by Gasteiger charge is 2.35. The second-order valence-corrected chi connectivity index (χ2v) is 5.32. The minimum atomic E-state index is -3.27. The third kappa shape index (κ3) is 1.82. The van der Waals surface area contributed by atoms with Crippen molar-refractivity contribution in [3.05, 3.63) is 24.3 Å². The Morgan fingerprint density at radius 2 is 1.93 bits per heavy atom. The van der Waals surface area contributed by atoms with Gasteiger partial charge in [0.15, 0.2) is 0 Å². The molecule has 1 fully saturated rings. The molecular formula is C9H11NO3S. The predicted molar refractivity (Wildman–Crippen MR) is 53.7 cm³/mol. The molecule has 76 valence electrons. The number of benzene rings is 1. The van der Waals surface area contributed by atoms with Crippen molar-refractivity contribution in [3.8, 4) is 5.75 Å². The summed E-state index contributed by atoms with van der Waals surface area (Å²) in [6.07, 6.45) is 1.42. The summed E-state index contributed by atoms with van der Waals surface area (Å²) in [5.74, 6) is -0.0447. The maximum Gasteiger partial charge on any atom is 0.235 e. The van der Waals surface area contributed by atoms with Crippen LogP contribution in [-0.2, 0) is 10.0 Å². The maximum atomic E-state index is 11.5. The number of aromatic hydroxyl groups is 1. The van der Waals surface area contributed by atoms with Crippen LogP contribution >= 0.6 is 0 Å². The van der Waals surface area contributed by atoms with Crippen LogP contribution in [-0.4, -0.2) is 18.8 Å². The third-order valence-corrected chi connectivity index (χ3v) is 3.97. The fraction of sp³-hybridized carbons (Fsp3) is 0.333. The van der Waals surface area contributed by atoms with Crippen molar-refractivity contribution in [3.63, 3.8) is 0 Å². The number of nitrogens with one attached hydrogen (secondary N) is 1. The molecule has 0 unspecified atom stereocenters. The SMILES string of the molecule is O=S(=O)(Nc1ccccc1O)C1CC1. The molecule has 0 atom stereocenters. The molecule has 2 N–H and O–H groups in total. The number of para-hydroxylation sites is 2.